The van der Waals surface area contributed by atoms with Gasteiger partial charge in [-0.3, -0.25) is 4.79 Å². The Bertz CT molecular complexity index is 569. The maximum absolute atomic E-state index is 11.7. The number of aromatic nitrogens is 4. The van der Waals surface area contributed by atoms with Crippen molar-refractivity contribution in [3.63, 3.8) is 0 Å². The Hall–Kier alpha value is -2.44. The topological polar surface area (TPSA) is 89.9 Å². The predicted molar refractivity (Wildman–Crippen MR) is 66.3 cm³/mol. The number of hydrogen-bond donors (Lipinski definition) is 1. The fourth-order valence-electron chi connectivity index (χ4n) is 1.49. The van der Waals surface area contributed by atoms with Crippen molar-refractivity contribution in [3.8, 4) is 5.82 Å². The summed E-state index contributed by atoms with van der Waals surface area (Å²) < 4.78 is 1.50. The molecule has 0 radical (unpaired) electrons. The summed E-state index contributed by atoms with van der Waals surface area (Å²) in [7, 11) is 3.35. The highest BCUT2D eigenvalue weighted by Gasteiger charge is 2.12. The van der Waals surface area contributed by atoms with Crippen LogP contribution in [-0.4, -0.2) is 44.7 Å². The van der Waals surface area contributed by atoms with Gasteiger partial charge in [-0.15, -0.1) is 0 Å². The van der Waals surface area contributed by atoms with Crippen molar-refractivity contribution in [1.82, 2.24) is 24.6 Å². The molecule has 0 aliphatic heterocycles. The van der Waals surface area contributed by atoms with Gasteiger partial charge in [-0.05, 0) is 13.0 Å². The molecule has 0 aliphatic carbocycles. The van der Waals surface area contributed by atoms with E-state index in [4.69, 9.17) is 5.73 Å². The minimum absolute atomic E-state index is 0.160. The van der Waals surface area contributed by atoms with E-state index in [9.17, 15) is 4.79 Å². The lowest BCUT2D eigenvalue weighted by Gasteiger charge is -2.07. The Morgan fingerprint density at radius 1 is 1.39 bits per heavy atom. The van der Waals surface area contributed by atoms with Gasteiger partial charge in [0.05, 0.1) is 0 Å². The normalized spacial score (nSPS) is 10.4. The SMILES string of the molecule is Cc1cc(-n2ccc(C(=O)N(C)C)n2)nc(N)n1. The molecule has 18 heavy (non-hydrogen) atoms. The molecule has 0 aromatic carbocycles. The zero-order valence-electron chi connectivity index (χ0n) is 10.5. The smallest absolute Gasteiger partial charge is 0.273 e. The average molecular weight is 246 g/mol. The highest BCUT2D eigenvalue weighted by Crippen LogP contribution is 2.08. The fraction of sp³-hybridized carbons (Fsp3) is 0.273. The first-order chi connectivity index (χ1) is 8.47. The van der Waals surface area contributed by atoms with Crippen LogP contribution in [0.15, 0.2) is 18.3 Å². The molecule has 2 rings (SSSR count). The predicted octanol–water partition coefficient (Wildman–Crippen LogP) is 0.255. The maximum atomic E-state index is 11.7. The van der Waals surface area contributed by atoms with E-state index < -0.39 is 0 Å². The van der Waals surface area contributed by atoms with Crippen LogP contribution in [-0.2, 0) is 0 Å². The monoisotopic (exact) mass is 246 g/mol. The highest BCUT2D eigenvalue weighted by atomic mass is 16.2. The molecule has 0 atom stereocenters. The van der Waals surface area contributed by atoms with Crippen LogP contribution in [0.4, 0.5) is 5.95 Å². The summed E-state index contributed by atoms with van der Waals surface area (Å²) in [6.45, 7) is 1.82. The summed E-state index contributed by atoms with van der Waals surface area (Å²) in [6, 6.07) is 3.38. The number of carbonyl (C=O) groups is 1. The molecule has 2 N–H and O–H groups in total. The Labute approximate surface area is 104 Å². The van der Waals surface area contributed by atoms with Gasteiger partial charge < -0.3 is 10.6 Å². The van der Waals surface area contributed by atoms with E-state index in [0.717, 1.165) is 5.69 Å². The van der Waals surface area contributed by atoms with Crippen molar-refractivity contribution in [2.45, 2.75) is 6.92 Å². The van der Waals surface area contributed by atoms with Gasteiger partial charge in [-0.25, -0.2) is 9.67 Å². The number of aryl methyl sites for hydroxylation is 1. The summed E-state index contributed by atoms with van der Waals surface area (Å²) in [6.07, 6.45) is 1.66. The third kappa shape index (κ3) is 2.29. The minimum atomic E-state index is -0.160. The van der Waals surface area contributed by atoms with Crippen LogP contribution in [0.3, 0.4) is 0 Å². The molecule has 94 valence electrons. The second-order valence-corrected chi connectivity index (χ2v) is 4.07. The third-order valence-corrected chi connectivity index (χ3v) is 2.31. The van der Waals surface area contributed by atoms with E-state index in [1.54, 1.807) is 32.4 Å². The molecule has 2 aromatic heterocycles. The van der Waals surface area contributed by atoms with Crippen molar-refractivity contribution in [3.05, 3.63) is 29.7 Å². The van der Waals surface area contributed by atoms with Crippen molar-refractivity contribution >= 4 is 11.9 Å². The molecule has 7 nitrogen and oxygen atoms in total. The second kappa shape index (κ2) is 4.44. The van der Waals surface area contributed by atoms with Crippen molar-refractivity contribution < 1.29 is 4.79 Å². The zero-order valence-corrected chi connectivity index (χ0v) is 10.5. The van der Waals surface area contributed by atoms with Crippen molar-refractivity contribution in [1.29, 1.82) is 0 Å². The lowest BCUT2D eigenvalue weighted by atomic mass is 10.4. The first-order valence-electron chi connectivity index (χ1n) is 5.36. The van der Waals surface area contributed by atoms with E-state index in [-0.39, 0.29) is 11.9 Å². The third-order valence-electron chi connectivity index (χ3n) is 2.31. The lowest BCUT2D eigenvalue weighted by molar-refractivity contribution is 0.0821. The first kappa shape index (κ1) is 12.0. The van der Waals surface area contributed by atoms with E-state index in [1.165, 1.54) is 9.58 Å². The van der Waals surface area contributed by atoms with E-state index in [0.29, 0.717) is 11.5 Å². The molecule has 7 heteroatoms. The first-order valence-corrected chi connectivity index (χ1v) is 5.36. The molecule has 2 heterocycles. The molecule has 0 fully saturated rings. The van der Waals surface area contributed by atoms with Crippen LogP contribution in [0.2, 0.25) is 0 Å². The molecular weight excluding hydrogens is 232 g/mol. The summed E-state index contributed by atoms with van der Waals surface area (Å²) in [5, 5.41) is 4.16. The van der Waals surface area contributed by atoms with Crippen molar-refractivity contribution in [2.24, 2.45) is 0 Å². The van der Waals surface area contributed by atoms with E-state index in [2.05, 4.69) is 15.1 Å². The highest BCUT2D eigenvalue weighted by molar-refractivity contribution is 5.91. The molecule has 0 aliphatic rings. The van der Waals surface area contributed by atoms with Crippen molar-refractivity contribution in [2.75, 3.05) is 19.8 Å². The number of nitrogens with two attached hydrogens (primary N) is 1. The number of nitrogen functional groups attached to an aromatic ring is 1. The number of rotatable bonds is 2. The molecule has 0 saturated carbocycles. The van der Waals surface area contributed by atoms with Gasteiger partial charge >= 0.3 is 0 Å². The van der Waals surface area contributed by atoms with Crippen LogP contribution in [0.1, 0.15) is 16.2 Å². The molecule has 0 spiro atoms. The van der Waals surface area contributed by atoms with Crippen LogP contribution in [0, 0.1) is 6.92 Å². The molecule has 0 bridgehead atoms. The summed E-state index contributed by atoms with van der Waals surface area (Å²) >= 11 is 0. The van der Waals surface area contributed by atoms with Crippen LogP contribution < -0.4 is 5.73 Å². The average Bonchev–Trinajstić information content (AvgIpc) is 2.75. The van der Waals surface area contributed by atoms with Gasteiger partial charge in [-0.1, -0.05) is 0 Å². The standard InChI is InChI=1S/C11H14N6O/c1-7-6-9(14-11(12)13-7)17-5-4-8(15-17)10(18)16(2)3/h4-6H,1-3H3,(H2,12,13,14). The van der Waals surface area contributed by atoms with Gasteiger partial charge in [-0.2, -0.15) is 10.1 Å². The molecule has 1 amide bonds. The Morgan fingerprint density at radius 2 is 2.11 bits per heavy atom. The lowest BCUT2D eigenvalue weighted by Crippen LogP contribution is -2.22. The van der Waals surface area contributed by atoms with Gasteiger partial charge in [0.2, 0.25) is 5.95 Å². The van der Waals surface area contributed by atoms with Gasteiger partial charge in [0.1, 0.15) is 0 Å². The zero-order chi connectivity index (χ0) is 13.3. The largest absolute Gasteiger partial charge is 0.368 e. The number of anilines is 1. The Morgan fingerprint density at radius 3 is 2.72 bits per heavy atom. The molecule has 2 aromatic rings. The van der Waals surface area contributed by atoms with E-state index >= 15 is 0 Å². The number of hydrogen-bond acceptors (Lipinski definition) is 5. The van der Waals surface area contributed by atoms with Gasteiger partial charge in [0.25, 0.3) is 5.91 Å². The molecule has 0 unspecified atom stereocenters. The molecule has 0 saturated heterocycles. The quantitative estimate of drug-likeness (QED) is 0.820. The van der Waals surface area contributed by atoms with Crippen LogP contribution in [0.25, 0.3) is 5.82 Å². The minimum Gasteiger partial charge on any atom is -0.368 e. The summed E-state index contributed by atoms with van der Waals surface area (Å²) in [5.41, 5.74) is 6.67. The molecular formula is C11H14N6O. The Kier molecular flexibility index (Phi) is 2.97. The maximum Gasteiger partial charge on any atom is 0.273 e. The van der Waals surface area contributed by atoms with Crippen LogP contribution in [0.5, 0.6) is 0 Å². The van der Waals surface area contributed by atoms with Gasteiger partial charge in [0.15, 0.2) is 11.5 Å². The van der Waals surface area contributed by atoms with Crippen LogP contribution >= 0.6 is 0 Å². The summed E-state index contributed by atoms with van der Waals surface area (Å²) in [4.78, 5) is 21.2. The summed E-state index contributed by atoms with van der Waals surface area (Å²) in [5.74, 6) is 0.561. The number of amides is 1. The Balaban J connectivity index is 2.38. The number of carbonyl (C=O) groups excluding carboxylic acids is 1. The fourth-order valence-corrected chi connectivity index (χ4v) is 1.49. The van der Waals surface area contributed by atoms with Gasteiger partial charge in [0, 0.05) is 32.1 Å². The second-order valence-electron chi connectivity index (χ2n) is 4.07. The van der Waals surface area contributed by atoms with E-state index in [1.807, 2.05) is 6.92 Å². The number of nitrogens with zero attached hydrogens (tertiary/aromatic N) is 5.